The highest BCUT2D eigenvalue weighted by Crippen LogP contribution is 2.52. The van der Waals surface area contributed by atoms with E-state index in [0.717, 1.165) is 62.5 Å². The molecule has 0 aliphatic heterocycles. The number of benzene rings is 9. The van der Waals surface area contributed by atoms with Crippen LogP contribution in [0.25, 0.3) is 21.5 Å². The molecule has 9 aromatic rings. The number of fused-ring (bicyclic) bond motifs is 2. The van der Waals surface area contributed by atoms with Crippen LogP contribution >= 0.6 is 0 Å². The highest BCUT2D eigenvalue weighted by atomic mass is 16.5. The summed E-state index contributed by atoms with van der Waals surface area (Å²) in [7, 11) is 0. The Hall–Kier alpha value is -7.30. The molecule has 0 heterocycles. The van der Waals surface area contributed by atoms with Crippen molar-refractivity contribution in [1.29, 1.82) is 0 Å². The van der Waals surface area contributed by atoms with Crippen LogP contribution in [-0.4, -0.2) is 0 Å². The van der Waals surface area contributed by atoms with E-state index < -0.39 is 0 Å². The summed E-state index contributed by atoms with van der Waals surface area (Å²) in [6.07, 6.45) is 6.31. The number of rotatable bonds is 11. The van der Waals surface area contributed by atoms with Crippen molar-refractivity contribution in [3.63, 3.8) is 0 Å². The summed E-state index contributed by atoms with van der Waals surface area (Å²) in [5.41, 5.74) is 7.98. The van der Waals surface area contributed by atoms with Gasteiger partial charge in [-0.05, 0) is 127 Å². The monoisotopic (exact) mass is 778 g/mol. The third-order valence-corrected chi connectivity index (χ3v) is 11.7. The van der Waals surface area contributed by atoms with Gasteiger partial charge in [0.25, 0.3) is 0 Å². The van der Waals surface area contributed by atoms with Gasteiger partial charge in [0.15, 0.2) is 0 Å². The van der Waals surface area contributed by atoms with Crippen LogP contribution in [0, 0.1) is 0 Å². The second kappa shape index (κ2) is 16.9. The Balaban J connectivity index is 1.20. The van der Waals surface area contributed by atoms with E-state index in [2.05, 4.69) is 161 Å². The zero-order chi connectivity index (χ0) is 40.1. The van der Waals surface area contributed by atoms with Gasteiger partial charge in [-0.2, -0.15) is 0 Å². The number of ether oxygens (including phenoxy) is 2. The number of hydrogen-bond donors (Lipinski definition) is 0. The van der Waals surface area contributed by atoms with E-state index in [0.29, 0.717) is 5.92 Å². The fourth-order valence-electron chi connectivity index (χ4n) is 8.87. The van der Waals surface area contributed by atoms with Crippen molar-refractivity contribution < 1.29 is 9.47 Å². The number of nitrogens with zero attached hydrogens (tertiary/aromatic N) is 2. The maximum absolute atomic E-state index is 6.28. The molecule has 1 aliphatic carbocycles. The van der Waals surface area contributed by atoms with Gasteiger partial charge in [-0.25, -0.2) is 0 Å². The fourth-order valence-corrected chi connectivity index (χ4v) is 8.87. The standard InChI is InChI=1S/C56H46N2O2/c1-6-18-41(19-7-1)42-30-39-53-54(40-42)56(58(44-22-10-3-11-23-44)46-33-37-50(38-34-46)60-48-26-14-5-15-27-48)52-29-17-16-28-51(52)55(53)57(43-20-8-2-9-21-43)45-31-35-49(36-32-45)59-47-24-12-4-13-25-47/h2-5,8-17,20-41H,1,6-7,18-19H2. The van der Waals surface area contributed by atoms with Gasteiger partial charge in [-0.1, -0.05) is 128 Å². The molecule has 0 aromatic heterocycles. The molecule has 1 fully saturated rings. The molecule has 0 atom stereocenters. The first kappa shape index (κ1) is 37.0. The molecule has 4 nitrogen and oxygen atoms in total. The van der Waals surface area contributed by atoms with Crippen molar-refractivity contribution in [3.05, 3.63) is 218 Å². The Morgan fingerprint density at radius 3 is 1.15 bits per heavy atom. The quantitative estimate of drug-likeness (QED) is 0.0964. The fraction of sp³-hybridized carbons (Fsp3) is 0.107. The van der Waals surface area contributed by atoms with E-state index in [4.69, 9.17) is 9.47 Å². The van der Waals surface area contributed by atoms with E-state index in [1.54, 1.807) is 0 Å². The molecule has 0 N–H and O–H groups in total. The van der Waals surface area contributed by atoms with Crippen LogP contribution in [0.2, 0.25) is 0 Å². The van der Waals surface area contributed by atoms with E-state index in [1.807, 2.05) is 60.7 Å². The first-order chi connectivity index (χ1) is 29.8. The molecule has 1 aliphatic rings. The SMILES string of the molecule is c1ccc(Oc2ccc(N(c3ccccc3)c3c4ccccc4c(N(c4ccccc4)c4ccc(Oc5ccccc5)cc4)c4cc(C5CCCCC5)ccc34)cc2)cc1. The summed E-state index contributed by atoms with van der Waals surface area (Å²) in [5, 5.41) is 4.72. The maximum Gasteiger partial charge on any atom is 0.127 e. The topological polar surface area (TPSA) is 24.9 Å². The summed E-state index contributed by atoms with van der Waals surface area (Å²) in [4.78, 5) is 4.86. The van der Waals surface area contributed by atoms with Crippen LogP contribution in [0.15, 0.2) is 212 Å². The lowest BCUT2D eigenvalue weighted by molar-refractivity contribution is 0.444. The largest absolute Gasteiger partial charge is 0.457 e. The second-order valence-corrected chi connectivity index (χ2v) is 15.5. The van der Waals surface area contributed by atoms with Crippen molar-refractivity contribution in [2.75, 3.05) is 9.80 Å². The third kappa shape index (κ3) is 7.56. The van der Waals surface area contributed by atoms with Gasteiger partial charge in [-0.15, -0.1) is 0 Å². The summed E-state index contributed by atoms with van der Waals surface area (Å²) in [5.74, 6) is 3.75. The Labute approximate surface area is 352 Å². The number of hydrogen-bond acceptors (Lipinski definition) is 4. The zero-order valence-corrected chi connectivity index (χ0v) is 33.5. The summed E-state index contributed by atoms with van der Waals surface area (Å²) < 4.78 is 12.5. The van der Waals surface area contributed by atoms with Gasteiger partial charge in [-0.3, -0.25) is 0 Å². The molecular formula is C56H46N2O2. The first-order valence-electron chi connectivity index (χ1n) is 21.1. The highest BCUT2D eigenvalue weighted by Gasteiger charge is 2.27. The predicted octanol–water partition coefficient (Wildman–Crippen LogP) is 16.6. The van der Waals surface area contributed by atoms with E-state index >= 15 is 0 Å². The molecule has 0 saturated heterocycles. The van der Waals surface area contributed by atoms with E-state index in [9.17, 15) is 0 Å². The number of para-hydroxylation sites is 4. The average molecular weight is 779 g/mol. The molecule has 0 bridgehead atoms. The summed E-state index contributed by atoms with van der Waals surface area (Å²) in [6.45, 7) is 0. The van der Waals surface area contributed by atoms with Gasteiger partial charge in [0.05, 0.1) is 11.4 Å². The normalized spacial score (nSPS) is 12.9. The first-order valence-corrected chi connectivity index (χ1v) is 21.1. The molecule has 0 spiro atoms. The highest BCUT2D eigenvalue weighted by molar-refractivity contribution is 6.23. The molecule has 292 valence electrons. The van der Waals surface area contributed by atoms with Gasteiger partial charge >= 0.3 is 0 Å². The summed E-state index contributed by atoms with van der Waals surface area (Å²) >= 11 is 0. The average Bonchev–Trinajstić information content (AvgIpc) is 3.32. The van der Waals surface area contributed by atoms with Gasteiger partial charge in [0.1, 0.15) is 23.0 Å². The lowest BCUT2D eigenvalue weighted by Crippen LogP contribution is -2.15. The van der Waals surface area contributed by atoms with Crippen LogP contribution < -0.4 is 19.3 Å². The van der Waals surface area contributed by atoms with Crippen LogP contribution in [0.4, 0.5) is 34.1 Å². The Morgan fingerprint density at radius 2 is 0.683 bits per heavy atom. The van der Waals surface area contributed by atoms with Gasteiger partial charge < -0.3 is 19.3 Å². The van der Waals surface area contributed by atoms with Crippen molar-refractivity contribution in [1.82, 2.24) is 0 Å². The predicted molar refractivity (Wildman–Crippen MR) is 250 cm³/mol. The molecule has 0 amide bonds. The molecular weight excluding hydrogens is 733 g/mol. The van der Waals surface area contributed by atoms with Crippen LogP contribution in [0.1, 0.15) is 43.6 Å². The van der Waals surface area contributed by atoms with Crippen LogP contribution in [0.3, 0.4) is 0 Å². The minimum absolute atomic E-state index is 0.535. The van der Waals surface area contributed by atoms with Gasteiger partial charge in [0, 0.05) is 44.3 Å². The van der Waals surface area contributed by atoms with E-state index in [1.165, 1.54) is 53.8 Å². The second-order valence-electron chi connectivity index (χ2n) is 15.5. The lowest BCUT2D eigenvalue weighted by atomic mass is 9.83. The van der Waals surface area contributed by atoms with Crippen molar-refractivity contribution in [2.24, 2.45) is 0 Å². The maximum atomic E-state index is 6.28. The van der Waals surface area contributed by atoms with Crippen molar-refractivity contribution in [3.8, 4) is 23.0 Å². The molecule has 1 saturated carbocycles. The molecule has 9 aromatic carbocycles. The Bertz CT molecular complexity index is 2820. The lowest BCUT2D eigenvalue weighted by Gasteiger charge is -2.33. The molecule has 10 rings (SSSR count). The van der Waals surface area contributed by atoms with Crippen LogP contribution in [-0.2, 0) is 0 Å². The summed E-state index contributed by atoms with van der Waals surface area (Å²) in [6, 6.07) is 74.7. The van der Waals surface area contributed by atoms with Crippen molar-refractivity contribution >= 4 is 55.7 Å². The Kier molecular flexibility index (Phi) is 10.4. The smallest absolute Gasteiger partial charge is 0.127 e. The molecule has 4 heteroatoms. The molecule has 60 heavy (non-hydrogen) atoms. The van der Waals surface area contributed by atoms with Crippen molar-refractivity contribution in [2.45, 2.75) is 38.0 Å². The van der Waals surface area contributed by atoms with E-state index in [-0.39, 0.29) is 0 Å². The third-order valence-electron chi connectivity index (χ3n) is 11.7. The van der Waals surface area contributed by atoms with Gasteiger partial charge in [0.2, 0.25) is 0 Å². The molecule has 0 unspecified atom stereocenters. The number of anilines is 6. The zero-order valence-electron chi connectivity index (χ0n) is 33.5. The minimum Gasteiger partial charge on any atom is -0.457 e. The Morgan fingerprint density at radius 1 is 0.317 bits per heavy atom. The van der Waals surface area contributed by atoms with Crippen LogP contribution in [0.5, 0.6) is 23.0 Å². The molecule has 0 radical (unpaired) electrons. The minimum atomic E-state index is 0.535.